The number of halogens is 1. The molecule has 2 saturated heterocycles. The van der Waals surface area contributed by atoms with Crippen molar-refractivity contribution in [3.05, 3.63) is 41.4 Å². The second-order valence-electron chi connectivity index (χ2n) is 6.00. The number of oxazole rings is 1. The van der Waals surface area contributed by atoms with E-state index in [0.29, 0.717) is 0 Å². The zero-order valence-corrected chi connectivity index (χ0v) is 12.5. The molecule has 0 unspecified atom stereocenters. The van der Waals surface area contributed by atoms with Crippen LogP contribution in [0.25, 0.3) is 11.3 Å². The Bertz CT molecular complexity index is 613. The van der Waals surface area contributed by atoms with E-state index in [2.05, 4.69) is 15.2 Å². The summed E-state index contributed by atoms with van der Waals surface area (Å²) in [5.41, 5.74) is 1.01. The predicted molar refractivity (Wildman–Crippen MR) is 82.1 cm³/mol. The molecule has 0 amide bonds. The largest absolute Gasteiger partial charge is 0.439 e. The standard InChI is InChI=1S/C16H18ClN3O/c17-14-3-1-11(2-4-14)15-7-19-16(21-15)10-20-8-12-5-18-6-13(12)9-20/h1-4,7,12-13,18H,5-6,8-10H2/t12-,13+. The van der Waals surface area contributed by atoms with Crippen LogP contribution in [0.5, 0.6) is 0 Å². The third-order valence-electron chi connectivity index (χ3n) is 4.51. The van der Waals surface area contributed by atoms with E-state index in [9.17, 15) is 0 Å². The van der Waals surface area contributed by atoms with Gasteiger partial charge in [-0.05, 0) is 49.2 Å². The lowest BCUT2D eigenvalue weighted by atomic mass is 10.0. The highest BCUT2D eigenvalue weighted by Crippen LogP contribution is 2.28. The van der Waals surface area contributed by atoms with E-state index in [-0.39, 0.29) is 0 Å². The van der Waals surface area contributed by atoms with Crippen LogP contribution in [0.1, 0.15) is 5.89 Å². The van der Waals surface area contributed by atoms with Gasteiger partial charge in [-0.2, -0.15) is 0 Å². The van der Waals surface area contributed by atoms with Gasteiger partial charge in [0.1, 0.15) is 0 Å². The number of nitrogens with one attached hydrogen (secondary N) is 1. The number of aromatic nitrogens is 1. The topological polar surface area (TPSA) is 41.3 Å². The molecule has 1 N–H and O–H groups in total. The van der Waals surface area contributed by atoms with E-state index in [0.717, 1.165) is 66.8 Å². The molecular formula is C16H18ClN3O. The average Bonchev–Trinajstić information content (AvgIpc) is 3.16. The molecule has 2 aliphatic rings. The van der Waals surface area contributed by atoms with Gasteiger partial charge in [-0.3, -0.25) is 4.90 Å². The highest BCUT2D eigenvalue weighted by molar-refractivity contribution is 6.30. The van der Waals surface area contributed by atoms with Crippen LogP contribution in [0.15, 0.2) is 34.9 Å². The third-order valence-corrected chi connectivity index (χ3v) is 4.76. The number of hydrogen-bond acceptors (Lipinski definition) is 4. The fourth-order valence-corrected chi connectivity index (χ4v) is 3.53. The number of likely N-dealkylation sites (tertiary alicyclic amines) is 1. The first-order chi connectivity index (χ1) is 10.3. The van der Waals surface area contributed by atoms with Crippen molar-refractivity contribution in [3.63, 3.8) is 0 Å². The van der Waals surface area contributed by atoms with Gasteiger partial charge in [0.05, 0.1) is 12.7 Å². The number of benzene rings is 1. The van der Waals surface area contributed by atoms with Crippen LogP contribution in [0, 0.1) is 11.8 Å². The number of rotatable bonds is 3. The summed E-state index contributed by atoms with van der Waals surface area (Å²) in [6, 6.07) is 7.65. The maximum atomic E-state index is 5.91. The van der Waals surface area contributed by atoms with Gasteiger partial charge in [0.2, 0.25) is 5.89 Å². The average molecular weight is 304 g/mol. The van der Waals surface area contributed by atoms with Gasteiger partial charge < -0.3 is 9.73 Å². The smallest absolute Gasteiger partial charge is 0.209 e. The molecule has 2 aromatic rings. The van der Waals surface area contributed by atoms with E-state index in [1.54, 1.807) is 6.20 Å². The minimum atomic E-state index is 0.732. The Morgan fingerprint density at radius 2 is 1.90 bits per heavy atom. The molecule has 1 aromatic heterocycles. The van der Waals surface area contributed by atoms with Gasteiger partial charge in [-0.15, -0.1) is 0 Å². The lowest BCUT2D eigenvalue weighted by molar-refractivity contribution is 0.273. The molecule has 3 heterocycles. The van der Waals surface area contributed by atoms with Crippen molar-refractivity contribution in [1.82, 2.24) is 15.2 Å². The summed E-state index contributed by atoms with van der Waals surface area (Å²) in [7, 11) is 0. The highest BCUT2D eigenvalue weighted by Gasteiger charge is 2.36. The lowest BCUT2D eigenvalue weighted by Gasteiger charge is -2.14. The van der Waals surface area contributed by atoms with Crippen LogP contribution in [0.3, 0.4) is 0 Å². The maximum absolute atomic E-state index is 5.91. The minimum Gasteiger partial charge on any atom is -0.439 e. The molecule has 0 radical (unpaired) electrons. The Balaban J connectivity index is 1.44. The van der Waals surface area contributed by atoms with Crippen LogP contribution in [0.2, 0.25) is 5.02 Å². The molecule has 0 aliphatic carbocycles. The number of nitrogens with zero attached hydrogens (tertiary/aromatic N) is 2. The molecule has 2 aliphatic heterocycles. The normalized spacial score (nSPS) is 25.4. The first-order valence-electron chi connectivity index (χ1n) is 7.41. The summed E-state index contributed by atoms with van der Waals surface area (Å²) in [4.78, 5) is 6.87. The molecule has 110 valence electrons. The monoisotopic (exact) mass is 303 g/mol. The van der Waals surface area contributed by atoms with E-state index in [4.69, 9.17) is 16.0 Å². The molecule has 0 bridgehead atoms. The minimum absolute atomic E-state index is 0.732. The Kier molecular flexibility index (Phi) is 3.45. The van der Waals surface area contributed by atoms with Crippen molar-refractivity contribution in [1.29, 1.82) is 0 Å². The molecule has 21 heavy (non-hydrogen) atoms. The molecular weight excluding hydrogens is 286 g/mol. The molecule has 4 rings (SSSR count). The van der Waals surface area contributed by atoms with Crippen LogP contribution in [-0.4, -0.2) is 36.1 Å². The van der Waals surface area contributed by atoms with Crippen molar-refractivity contribution in [2.45, 2.75) is 6.54 Å². The van der Waals surface area contributed by atoms with Crippen LogP contribution >= 0.6 is 11.6 Å². The summed E-state index contributed by atoms with van der Waals surface area (Å²) in [5, 5.41) is 4.19. The highest BCUT2D eigenvalue weighted by atomic mass is 35.5. The van der Waals surface area contributed by atoms with Gasteiger partial charge >= 0.3 is 0 Å². The second kappa shape index (κ2) is 5.44. The summed E-state index contributed by atoms with van der Waals surface area (Å²) < 4.78 is 5.88. The van der Waals surface area contributed by atoms with E-state index >= 15 is 0 Å². The summed E-state index contributed by atoms with van der Waals surface area (Å²) in [6.07, 6.45) is 1.80. The summed E-state index contributed by atoms with van der Waals surface area (Å²) in [6.45, 7) is 5.42. The Morgan fingerprint density at radius 1 is 1.19 bits per heavy atom. The van der Waals surface area contributed by atoms with Crippen molar-refractivity contribution in [2.75, 3.05) is 26.2 Å². The summed E-state index contributed by atoms with van der Waals surface area (Å²) >= 11 is 5.91. The van der Waals surface area contributed by atoms with Crippen LogP contribution < -0.4 is 5.32 Å². The fourth-order valence-electron chi connectivity index (χ4n) is 3.40. The van der Waals surface area contributed by atoms with Gasteiger partial charge in [0, 0.05) is 23.7 Å². The van der Waals surface area contributed by atoms with Crippen LogP contribution in [-0.2, 0) is 6.54 Å². The number of hydrogen-bond donors (Lipinski definition) is 1. The van der Waals surface area contributed by atoms with Crippen molar-refractivity contribution in [2.24, 2.45) is 11.8 Å². The number of fused-ring (bicyclic) bond motifs is 1. The fraction of sp³-hybridized carbons (Fsp3) is 0.438. The van der Waals surface area contributed by atoms with Gasteiger partial charge in [0.25, 0.3) is 0 Å². The SMILES string of the molecule is Clc1ccc(-c2cnc(CN3C[C@H]4CNC[C@H]4C3)o2)cc1. The molecule has 2 atom stereocenters. The Labute approximate surface area is 129 Å². The van der Waals surface area contributed by atoms with Crippen molar-refractivity contribution in [3.8, 4) is 11.3 Å². The zero-order chi connectivity index (χ0) is 14.2. The van der Waals surface area contributed by atoms with Gasteiger partial charge in [-0.1, -0.05) is 11.6 Å². The molecule has 0 saturated carbocycles. The van der Waals surface area contributed by atoms with E-state index in [1.807, 2.05) is 24.3 Å². The zero-order valence-electron chi connectivity index (χ0n) is 11.8. The molecule has 0 spiro atoms. The predicted octanol–water partition coefficient (Wildman–Crippen LogP) is 2.65. The van der Waals surface area contributed by atoms with E-state index in [1.165, 1.54) is 0 Å². The van der Waals surface area contributed by atoms with Crippen LogP contribution in [0.4, 0.5) is 0 Å². The second-order valence-corrected chi connectivity index (χ2v) is 6.43. The first-order valence-corrected chi connectivity index (χ1v) is 7.79. The van der Waals surface area contributed by atoms with Gasteiger partial charge in [0.15, 0.2) is 5.76 Å². The molecule has 4 nitrogen and oxygen atoms in total. The van der Waals surface area contributed by atoms with Gasteiger partial charge in [-0.25, -0.2) is 4.98 Å². The molecule has 1 aromatic carbocycles. The molecule has 2 fully saturated rings. The quantitative estimate of drug-likeness (QED) is 0.946. The Morgan fingerprint density at radius 3 is 2.62 bits per heavy atom. The Hall–Kier alpha value is -1.36. The first kappa shape index (κ1) is 13.3. The maximum Gasteiger partial charge on any atom is 0.209 e. The summed E-state index contributed by atoms with van der Waals surface area (Å²) in [5.74, 6) is 3.21. The molecule has 5 heteroatoms. The lowest BCUT2D eigenvalue weighted by Crippen LogP contribution is -2.25. The van der Waals surface area contributed by atoms with E-state index < -0.39 is 0 Å². The van der Waals surface area contributed by atoms with Crippen molar-refractivity contribution < 1.29 is 4.42 Å². The van der Waals surface area contributed by atoms with Crippen molar-refractivity contribution >= 4 is 11.6 Å². The third kappa shape index (κ3) is 2.71.